The van der Waals surface area contributed by atoms with Crippen LogP contribution in [0, 0.1) is 5.82 Å². The lowest BCUT2D eigenvalue weighted by Crippen LogP contribution is -2.37. The highest BCUT2D eigenvalue weighted by Gasteiger charge is 2.19. The van der Waals surface area contributed by atoms with Crippen molar-refractivity contribution in [3.63, 3.8) is 0 Å². The second-order valence-electron chi connectivity index (χ2n) is 4.64. The average Bonchev–Trinajstić information content (AvgIpc) is 2.85. The van der Waals surface area contributed by atoms with Gasteiger partial charge in [0.1, 0.15) is 11.6 Å². The molecular weight excluding hydrogens is 357 g/mol. The van der Waals surface area contributed by atoms with E-state index in [9.17, 15) is 9.18 Å². The Hall–Kier alpha value is -1.40. The number of amides is 1. The highest BCUT2D eigenvalue weighted by Crippen LogP contribution is 2.21. The summed E-state index contributed by atoms with van der Waals surface area (Å²) in [7, 11) is 1.74. The van der Waals surface area contributed by atoms with Crippen LogP contribution < -0.4 is 4.74 Å². The van der Waals surface area contributed by atoms with E-state index in [1.807, 2.05) is 11.4 Å². The van der Waals surface area contributed by atoms with Crippen LogP contribution in [0.5, 0.6) is 5.75 Å². The van der Waals surface area contributed by atoms with E-state index in [-0.39, 0.29) is 11.7 Å². The maximum atomic E-state index is 12.8. The third-order valence-electron chi connectivity index (χ3n) is 2.87. The number of carbonyl (C=O) groups excluding carboxylic acids is 1. The summed E-state index contributed by atoms with van der Waals surface area (Å²) < 4.78 is 19.4. The quantitative estimate of drug-likeness (QED) is 0.792. The lowest BCUT2D eigenvalue weighted by atomic mass is 10.3. The van der Waals surface area contributed by atoms with Gasteiger partial charge in [-0.15, -0.1) is 11.3 Å². The Morgan fingerprint density at radius 1 is 1.43 bits per heavy atom. The predicted octanol–water partition coefficient (Wildman–Crippen LogP) is 4.08. The SMILES string of the molecule is C[C@@H](Oc1ccc(F)cc1)C(=O)N(C)Cc1cc(Br)cs1. The van der Waals surface area contributed by atoms with E-state index >= 15 is 0 Å². The van der Waals surface area contributed by atoms with Gasteiger partial charge in [-0.2, -0.15) is 0 Å². The van der Waals surface area contributed by atoms with Crippen LogP contribution in [0.4, 0.5) is 4.39 Å². The molecule has 1 amide bonds. The van der Waals surface area contributed by atoms with Crippen molar-refractivity contribution in [3.05, 3.63) is 50.9 Å². The monoisotopic (exact) mass is 371 g/mol. The number of halogens is 2. The number of likely N-dealkylation sites (N-methyl/N-ethyl adjacent to an activating group) is 1. The number of hydrogen-bond acceptors (Lipinski definition) is 3. The number of carbonyl (C=O) groups is 1. The molecule has 0 bridgehead atoms. The minimum absolute atomic E-state index is 0.121. The first-order chi connectivity index (χ1) is 9.95. The Labute approximate surface area is 135 Å². The predicted molar refractivity (Wildman–Crippen MR) is 85.0 cm³/mol. The topological polar surface area (TPSA) is 29.5 Å². The molecule has 2 rings (SSSR count). The van der Waals surface area contributed by atoms with E-state index in [0.717, 1.165) is 9.35 Å². The third kappa shape index (κ3) is 4.54. The van der Waals surface area contributed by atoms with Crippen molar-refractivity contribution < 1.29 is 13.9 Å². The van der Waals surface area contributed by atoms with Gasteiger partial charge < -0.3 is 9.64 Å². The molecule has 0 aliphatic rings. The molecule has 0 radical (unpaired) electrons. The van der Waals surface area contributed by atoms with Crippen LogP contribution in [-0.4, -0.2) is 24.0 Å². The molecule has 21 heavy (non-hydrogen) atoms. The zero-order valence-corrected chi connectivity index (χ0v) is 14.1. The smallest absolute Gasteiger partial charge is 0.263 e. The summed E-state index contributed by atoms with van der Waals surface area (Å²) in [6.07, 6.45) is -0.621. The summed E-state index contributed by atoms with van der Waals surface area (Å²) in [4.78, 5) is 15.0. The summed E-state index contributed by atoms with van der Waals surface area (Å²) in [5, 5.41) is 1.98. The second kappa shape index (κ2) is 7.04. The van der Waals surface area contributed by atoms with Crippen LogP contribution in [0.1, 0.15) is 11.8 Å². The van der Waals surface area contributed by atoms with E-state index in [0.29, 0.717) is 12.3 Å². The zero-order valence-electron chi connectivity index (χ0n) is 11.7. The molecule has 1 heterocycles. The molecule has 0 saturated heterocycles. The number of nitrogens with zero attached hydrogens (tertiary/aromatic N) is 1. The van der Waals surface area contributed by atoms with Crippen molar-refractivity contribution in [3.8, 4) is 5.75 Å². The zero-order chi connectivity index (χ0) is 15.4. The molecule has 0 saturated carbocycles. The number of thiophene rings is 1. The van der Waals surface area contributed by atoms with E-state index in [2.05, 4.69) is 15.9 Å². The molecule has 0 N–H and O–H groups in total. The lowest BCUT2D eigenvalue weighted by molar-refractivity contribution is -0.137. The van der Waals surface area contributed by atoms with Crippen LogP contribution in [0.3, 0.4) is 0 Å². The van der Waals surface area contributed by atoms with Gasteiger partial charge in [0.2, 0.25) is 0 Å². The summed E-state index contributed by atoms with van der Waals surface area (Å²) in [5.74, 6) is 0.0232. The normalized spacial score (nSPS) is 12.0. The lowest BCUT2D eigenvalue weighted by Gasteiger charge is -2.21. The molecule has 0 spiro atoms. The van der Waals surface area contributed by atoms with Crippen LogP contribution in [0.15, 0.2) is 40.2 Å². The van der Waals surface area contributed by atoms with Gasteiger partial charge in [0.25, 0.3) is 5.91 Å². The fraction of sp³-hybridized carbons (Fsp3) is 0.267. The van der Waals surface area contributed by atoms with Crippen molar-refractivity contribution in [1.29, 1.82) is 0 Å². The Balaban J connectivity index is 1.93. The van der Waals surface area contributed by atoms with E-state index in [1.165, 1.54) is 24.3 Å². The van der Waals surface area contributed by atoms with Gasteiger partial charge in [-0.3, -0.25) is 4.79 Å². The van der Waals surface area contributed by atoms with Crippen molar-refractivity contribution in [2.75, 3.05) is 7.05 Å². The first kappa shape index (κ1) is 16.0. The standard InChI is InChI=1S/C15H15BrFNO2S/c1-10(20-13-5-3-12(17)4-6-13)15(19)18(2)8-14-7-11(16)9-21-14/h3-7,9-10H,8H2,1-2H3/t10-/m1/s1. The summed E-state index contributed by atoms with van der Waals surface area (Å²) in [6, 6.07) is 7.61. The Morgan fingerprint density at radius 3 is 2.67 bits per heavy atom. The minimum atomic E-state index is -0.621. The maximum absolute atomic E-state index is 12.8. The molecule has 0 fully saturated rings. The van der Waals surface area contributed by atoms with Crippen molar-refractivity contribution in [2.24, 2.45) is 0 Å². The van der Waals surface area contributed by atoms with Gasteiger partial charge in [0, 0.05) is 21.8 Å². The van der Waals surface area contributed by atoms with Gasteiger partial charge in [0.05, 0.1) is 6.54 Å². The van der Waals surface area contributed by atoms with Crippen LogP contribution in [0.25, 0.3) is 0 Å². The number of benzene rings is 1. The molecule has 112 valence electrons. The van der Waals surface area contributed by atoms with Crippen molar-refractivity contribution >= 4 is 33.2 Å². The fourth-order valence-corrected chi connectivity index (χ4v) is 3.33. The molecule has 3 nitrogen and oxygen atoms in total. The Bertz CT molecular complexity index is 614. The number of hydrogen-bond donors (Lipinski definition) is 0. The maximum Gasteiger partial charge on any atom is 0.263 e. The summed E-state index contributed by atoms with van der Waals surface area (Å²) in [6.45, 7) is 2.22. The average molecular weight is 372 g/mol. The van der Waals surface area contributed by atoms with Gasteiger partial charge in [-0.25, -0.2) is 4.39 Å². The third-order valence-corrected chi connectivity index (χ3v) is 4.55. The van der Waals surface area contributed by atoms with Gasteiger partial charge in [-0.1, -0.05) is 0 Å². The molecule has 0 aliphatic heterocycles. The molecule has 1 atom stereocenters. The van der Waals surface area contributed by atoms with Crippen molar-refractivity contribution in [2.45, 2.75) is 19.6 Å². The van der Waals surface area contributed by atoms with E-state index in [4.69, 9.17) is 4.74 Å². The van der Waals surface area contributed by atoms with E-state index in [1.54, 1.807) is 30.2 Å². The molecule has 1 aromatic heterocycles. The van der Waals surface area contributed by atoms with Crippen molar-refractivity contribution in [1.82, 2.24) is 4.90 Å². The molecule has 6 heteroatoms. The fourth-order valence-electron chi connectivity index (χ4n) is 1.83. The van der Waals surface area contributed by atoms with E-state index < -0.39 is 6.10 Å². The number of ether oxygens (including phenoxy) is 1. The first-order valence-electron chi connectivity index (χ1n) is 6.36. The Morgan fingerprint density at radius 2 is 2.10 bits per heavy atom. The van der Waals surface area contributed by atoms with Crippen LogP contribution >= 0.6 is 27.3 Å². The number of rotatable bonds is 5. The van der Waals surface area contributed by atoms with Gasteiger partial charge in [-0.05, 0) is 53.2 Å². The molecular formula is C15H15BrFNO2S. The summed E-state index contributed by atoms with van der Waals surface area (Å²) in [5.41, 5.74) is 0. The van der Waals surface area contributed by atoms with Gasteiger partial charge >= 0.3 is 0 Å². The molecule has 0 unspecified atom stereocenters. The second-order valence-corrected chi connectivity index (χ2v) is 6.55. The summed E-state index contributed by atoms with van der Waals surface area (Å²) >= 11 is 4.98. The largest absolute Gasteiger partial charge is 0.481 e. The molecule has 1 aromatic carbocycles. The van der Waals surface area contributed by atoms with Gasteiger partial charge in [0.15, 0.2) is 6.10 Å². The van der Waals surface area contributed by atoms with Crippen LogP contribution in [-0.2, 0) is 11.3 Å². The molecule has 2 aromatic rings. The molecule has 0 aliphatic carbocycles. The van der Waals surface area contributed by atoms with Crippen LogP contribution in [0.2, 0.25) is 0 Å². The minimum Gasteiger partial charge on any atom is -0.481 e. The first-order valence-corrected chi connectivity index (χ1v) is 8.03. The highest BCUT2D eigenvalue weighted by molar-refractivity contribution is 9.10. The Kier molecular flexibility index (Phi) is 5.36. The highest BCUT2D eigenvalue weighted by atomic mass is 79.9.